The number of rotatable bonds is 3. The van der Waals surface area contributed by atoms with E-state index in [1.54, 1.807) is 0 Å². The van der Waals surface area contributed by atoms with Crippen LogP contribution in [0.25, 0.3) is 10.8 Å². The van der Waals surface area contributed by atoms with Crippen LogP contribution >= 0.6 is 0 Å². The van der Waals surface area contributed by atoms with E-state index in [0.717, 1.165) is 16.3 Å². The Kier molecular flexibility index (Phi) is 5.55. The third kappa shape index (κ3) is 3.90. The second-order valence-electron chi connectivity index (χ2n) is 6.96. The number of hydrogen-bond donors (Lipinski definition) is 0. The molecule has 0 unspecified atom stereocenters. The van der Waals surface area contributed by atoms with Gasteiger partial charge in [0.15, 0.2) is 12.4 Å². The maximum Gasteiger partial charge on any atom is 0.228 e. The summed E-state index contributed by atoms with van der Waals surface area (Å²) in [6.45, 7) is 6.92. The summed E-state index contributed by atoms with van der Waals surface area (Å²) in [6, 6.07) is 18.1. The normalized spacial score (nSPS) is 11.1. The molecule has 3 heteroatoms. The highest BCUT2D eigenvalue weighted by atomic mass is 79.9. The van der Waals surface area contributed by atoms with E-state index in [1.165, 1.54) is 5.56 Å². The van der Waals surface area contributed by atoms with Gasteiger partial charge in [0.25, 0.3) is 0 Å². The molecule has 1 heterocycles. The largest absolute Gasteiger partial charge is 1.00 e. The molecule has 0 aliphatic carbocycles. The summed E-state index contributed by atoms with van der Waals surface area (Å²) in [7, 11) is 0. The van der Waals surface area contributed by atoms with Crippen LogP contribution < -0.4 is 21.5 Å². The first-order valence-corrected chi connectivity index (χ1v) is 7.96. The van der Waals surface area contributed by atoms with E-state index in [-0.39, 0.29) is 28.2 Å². The Labute approximate surface area is 153 Å². The van der Waals surface area contributed by atoms with Crippen molar-refractivity contribution in [2.45, 2.75) is 32.7 Å². The Hall–Kier alpha value is -2.00. The Bertz CT molecular complexity index is 842. The molecule has 0 fully saturated rings. The first-order chi connectivity index (χ1) is 10.9. The zero-order valence-electron chi connectivity index (χ0n) is 14.3. The lowest BCUT2D eigenvalue weighted by molar-refractivity contribution is -0.683. The van der Waals surface area contributed by atoms with Gasteiger partial charge in [-0.3, -0.25) is 4.79 Å². The summed E-state index contributed by atoms with van der Waals surface area (Å²) < 4.78 is 1.94. The average molecular weight is 384 g/mol. The van der Waals surface area contributed by atoms with E-state index in [2.05, 4.69) is 32.9 Å². The van der Waals surface area contributed by atoms with Gasteiger partial charge in [0.2, 0.25) is 12.3 Å². The van der Waals surface area contributed by atoms with Crippen LogP contribution in [0.5, 0.6) is 0 Å². The van der Waals surface area contributed by atoms with Crippen molar-refractivity contribution in [1.82, 2.24) is 0 Å². The Morgan fingerprint density at radius 1 is 0.917 bits per heavy atom. The van der Waals surface area contributed by atoms with Crippen LogP contribution in [-0.4, -0.2) is 5.78 Å². The smallest absolute Gasteiger partial charge is 0.228 e. The molecule has 2 nitrogen and oxygen atoms in total. The molecule has 0 bridgehead atoms. The topological polar surface area (TPSA) is 20.9 Å². The number of halogens is 1. The van der Waals surface area contributed by atoms with Gasteiger partial charge in [-0.25, -0.2) is 0 Å². The number of benzene rings is 2. The van der Waals surface area contributed by atoms with Crippen molar-refractivity contribution in [2.24, 2.45) is 0 Å². The highest BCUT2D eigenvalue weighted by molar-refractivity contribution is 6.07. The molecule has 0 N–H and O–H groups in total. The fourth-order valence-corrected chi connectivity index (χ4v) is 2.78. The van der Waals surface area contributed by atoms with Crippen molar-refractivity contribution in [3.8, 4) is 0 Å². The van der Waals surface area contributed by atoms with Crippen molar-refractivity contribution in [3.63, 3.8) is 0 Å². The van der Waals surface area contributed by atoms with Gasteiger partial charge >= 0.3 is 0 Å². The van der Waals surface area contributed by atoms with Gasteiger partial charge in [-0.15, -0.1) is 0 Å². The quantitative estimate of drug-likeness (QED) is 0.493. The van der Waals surface area contributed by atoms with Crippen LogP contribution in [0.3, 0.4) is 0 Å². The number of carbonyl (C=O) groups excluding carboxylic acids is 1. The minimum absolute atomic E-state index is 0. The maximum absolute atomic E-state index is 12.7. The highest BCUT2D eigenvalue weighted by Crippen LogP contribution is 2.21. The van der Waals surface area contributed by atoms with E-state index < -0.39 is 0 Å². The highest BCUT2D eigenvalue weighted by Gasteiger charge is 2.17. The molecule has 0 radical (unpaired) electrons. The molecule has 2 aromatic carbocycles. The molecule has 0 saturated heterocycles. The fourth-order valence-electron chi connectivity index (χ4n) is 2.78. The zero-order valence-corrected chi connectivity index (χ0v) is 15.9. The maximum atomic E-state index is 12.7. The van der Waals surface area contributed by atoms with Gasteiger partial charge in [0, 0.05) is 17.7 Å². The summed E-state index contributed by atoms with van der Waals surface area (Å²) in [6.07, 6.45) is 3.98. The van der Waals surface area contributed by atoms with Crippen LogP contribution in [0.15, 0.2) is 67.0 Å². The minimum atomic E-state index is 0. The molecular weight excluding hydrogens is 362 g/mol. The number of Topliss-reactive ketones (excluding diaryl/α,β-unsaturated/α-hetero) is 1. The van der Waals surface area contributed by atoms with Crippen molar-refractivity contribution in [1.29, 1.82) is 0 Å². The van der Waals surface area contributed by atoms with Crippen LogP contribution in [0, 0.1) is 0 Å². The van der Waals surface area contributed by atoms with E-state index in [9.17, 15) is 4.79 Å². The van der Waals surface area contributed by atoms with E-state index >= 15 is 0 Å². The lowest BCUT2D eigenvalue weighted by Crippen LogP contribution is -3.00. The number of nitrogens with zero attached hydrogens (tertiary/aromatic N) is 1. The Morgan fingerprint density at radius 2 is 1.54 bits per heavy atom. The summed E-state index contributed by atoms with van der Waals surface area (Å²) >= 11 is 0. The molecule has 3 aromatic rings. The molecule has 0 aliphatic rings. The number of ketones is 1. The molecule has 3 rings (SSSR count). The van der Waals surface area contributed by atoms with Crippen LogP contribution in [-0.2, 0) is 12.0 Å². The first kappa shape index (κ1) is 18.3. The lowest BCUT2D eigenvalue weighted by atomic mass is 9.88. The standard InChI is InChI=1S/C21H22NO.BrH/c1-21(2,3)17-11-13-22(14-12-17)15-20(23)19-10-6-8-16-7-4-5-9-18(16)19;/h4-14H,15H2,1-3H3;1H/q+1;/p-1. The molecule has 0 aliphatic heterocycles. The van der Waals surface area contributed by atoms with Crippen LogP contribution in [0.4, 0.5) is 0 Å². The summed E-state index contributed by atoms with van der Waals surface area (Å²) in [4.78, 5) is 12.7. The fraction of sp³-hybridized carbons (Fsp3) is 0.238. The van der Waals surface area contributed by atoms with Gasteiger partial charge in [-0.2, -0.15) is 4.57 Å². The van der Waals surface area contributed by atoms with Crippen molar-refractivity contribution < 1.29 is 26.3 Å². The molecule has 0 spiro atoms. The Balaban J connectivity index is 0.00000208. The predicted octanol–water partition coefficient (Wildman–Crippen LogP) is 1.31. The monoisotopic (exact) mass is 383 g/mol. The average Bonchev–Trinajstić information content (AvgIpc) is 2.54. The second-order valence-corrected chi connectivity index (χ2v) is 6.96. The van der Waals surface area contributed by atoms with Gasteiger partial charge in [-0.05, 0) is 21.8 Å². The number of aromatic nitrogens is 1. The third-order valence-corrected chi connectivity index (χ3v) is 4.17. The number of pyridine rings is 1. The van der Waals surface area contributed by atoms with Crippen molar-refractivity contribution in [3.05, 3.63) is 78.1 Å². The molecule has 0 amide bonds. The van der Waals surface area contributed by atoms with Gasteiger partial charge in [-0.1, -0.05) is 63.2 Å². The zero-order chi connectivity index (χ0) is 16.4. The number of fused-ring (bicyclic) bond motifs is 1. The van der Waals surface area contributed by atoms with E-state index in [0.29, 0.717) is 6.54 Å². The van der Waals surface area contributed by atoms with Crippen LogP contribution in [0.1, 0.15) is 36.7 Å². The minimum Gasteiger partial charge on any atom is -1.00 e. The SMILES string of the molecule is CC(C)(C)c1cc[n+](CC(=O)c2cccc3ccccc23)cc1.[Br-]. The summed E-state index contributed by atoms with van der Waals surface area (Å²) in [5, 5.41) is 2.12. The Morgan fingerprint density at radius 3 is 2.21 bits per heavy atom. The first-order valence-electron chi connectivity index (χ1n) is 7.96. The number of carbonyl (C=O) groups is 1. The number of hydrogen-bond acceptors (Lipinski definition) is 1. The van der Waals surface area contributed by atoms with E-state index in [1.807, 2.05) is 59.4 Å². The van der Waals surface area contributed by atoms with Crippen LogP contribution in [0.2, 0.25) is 0 Å². The summed E-state index contributed by atoms with van der Waals surface area (Å²) in [5.41, 5.74) is 2.18. The molecule has 124 valence electrons. The van der Waals surface area contributed by atoms with Crippen molar-refractivity contribution in [2.75, 3.05) is 0 Å². The molecule has 0 saturated carbocycles. The lowest BCUT2D eigenvalue weighted by Gasteiger charge is -2.17. The molecule has 24 heavy (non-hydrogen) atoms. The summed E-state index contributed by atoms with van der Waals surface area (Å²) in [5.74, 6) is 0.135. The molecule has 0 atom stereocenters. The van der Waals surface area contributed by atoms with E-state index in [4.69, 9.17) is 0 Å². The predicted molar refractivity (Wildman–Crippen MR) is 93.6 cm³/mol. The second kappa shape index (κ2) is 7.27. The third-order valence-electron chi connectivity index (χ3n) is 4.17. The molecular formula is C21H22BrNO. The van der Waals surface area contributed by atoms with Crippen molar-refractivity contribution >= 4 is 16.6 Å². The van der Waals surface area contributed by atoms with Gasteiger partial charge in [0.05, 0.1) is 0 Å². The molecule has 1 aromatic heterocycles. The van der Waals surface area contributed by atoms with Gasteiger partial charge in [0.1, 0.15) is 0 Å². The van der Waals surface area contributed by atoms with Gasteiger partial charge < -0.3 is 17.0 Å².